The Labute approximate surface area is 236 Å². The zero-order valence-electron chi connectivity index (χ0n) is 22.7. The molecule has 0 saturated carbocycles. The molecular weight excluding hydrogens is 517 g/mol. The number of fused-ring (bicyclic) bond motifs is 1. The van der Waals surface area contributed by atoms with Gasteiger partial charge in [0.25, 0.3) is 5.91 Å². The monoisotopic (exact) mass is 545 g/mol. The third-order valence-corrected chi connectivity index (χ3v) is 7.03. The first-order chi connectivity index (χ1) is 20.0. The van der Waals surface area contributed by atoms with Crippen molar-refractivity contribution in [1.82, 2.24) is 20.3 Å². The maximum atomic E-state index is 15.9. The lowest BCUT2D eigenvalue weighted by atomic mass is 10.0. The van der Waals surface area contributed by atoms with Crippen molar-refractivity contribution in [2.75, 3.05) is 11.9 Å². The van der Waals surface area contributed by atoms with E-state index in [-0.39, 0.29) is 5.91 Å². The van der Waals surface area contributed by atoms with Crippen molar-refractivity contribution < 1.29 is 13.6 Å². The van der Waals surface area contributed by atoms with Crippen molar-refractivity contribution in [3.63, 3.8) is 0 Å². The van der Waals surface area contributed by atoms with Crippen LogP contribution in [0.2, 0.25) is 0 Å². The number of benzene rings is 3. The van der Waals surface area contributed by atoms with Gasteiger partial charge in [-0.1, -0.05) is 66.7 Å². The fourth-order valence-electron chi connectivity index (χ4n) is 5.03. The fourth-order valence-corrected chi connectivity index (χ4v) is 5.03. The summed E-state index contributed by atoms with van der Waals surface area (Å²) in [5.74, 6) is 0.746. The Bertz CT molecular complexity index is 1790. The van der Waals surface area contributed by atoms with Crippen LogP contribution in [0.15, 0.2) is 102 Å². The number of carbonyl (C=O) groups is 1. The van der Waals surface area contributed by atoms with Crippen molar-refractivity contribution >= 4 is 22.6 Å². The zero-order chi connectivity index (χ0) is 28.3. The standard InChI is InChI=1S/C33H28FN5O2/c1-21-36-18-29(41-21)25-15-9-14-24(30(25)34)28-16-26-27(33(40)35-2)17-37-32(31(26)38-28)39(19-22-10-5-3-6-11-22)20-23-12-7-4-8-13-23/h3-18,38H,19-20H2,1-2H3,(H,35,40). The molecule has 2 N–H and O–H groups in total. The minimum atomic E-state index is -0.448. The van der Waals surface area contributed by atoms with Crippen molar-refractivity contribution in [2.45, 2.75) is 20.0 Å². The molecule has 41 heavy (non-hydrogen) atoms. The number of nitrogens with one attached hydrogen (secondary N) is 2. The Kier molecular flexibility index (Phi) is 7.04. The van der Waals surface area contributed by atoms with Gasteiger partial charge in [-0.3, -0.25) is 4.79 Å². The Morgan fingerprint density at radius 3 is 2.17 bits per heavy atom. The molecule has 0 aliphatic heterocycles. The highest BCUT2D eigenvalue weighted by Gasteiger charge is 2.22. The highest BCUT2D eigenvalue weighted by atomic mass is 19.1. The quantitative estimate of drug-likeness (QED) is 0.217. The van der Waals surface area contributed by atoms with Gasteiger partial charge in [0, 0.05) is 49.9 Å². The van der Waals surface area contributed by atoms with E-state index in [4.69, 9.17) is 9.40 Å². The Balaban J connectivity index is 1.51. The summed E-state index contributed by atoms with van der Waals surface area (Å²) in [6, 6.07) is 27.2. The van der Waals surface area contributed by atoms with E-state index in [0.717, 1.165) is 11.1 Å². The molecule has 0 aliphatic carbocycles. The van der Waals surface area contributed by atoms with E-state index < -0.39 is 5.82 Å². The minimum Gasteiger partial charge on any atom is -0.441 e. The molecule has 3 aromatic heterocycles. The first kappa shape index (κ1) is 26.0. The summed E-state index contributed by atoms with van der Waals surface area (Å²) in [4.78, 5) is 27.3. The number of aromatic nitrogens is 3. The molecule has 0 fully saturated rings. The minimum absolute atomic E-state index is 0.274. The van der Waals surface area contributed by atoms with Gasteiger partial charge >= 0.3 is 0 Å². The van der Waals surface area contributed by atoms with Crippen LogP contribution in [0.25, 0.3) is 33.5 Å². The van der Waals surface area contributed by atoms with Crippen LogP contribution in [0.4, 0.5) is 10.2 Å². The third-order valence-electron chi connectivity index (χ3n) is 7.03. The molecule has 3 heterocycles. The second-order valence-electron chi connectivity index (χ2n) is 9.78. The topological polar surface area (TPSA) is 87.0 Å². The number of nitrogens with zero attached hydrogens (tertiary/aromatic N) is 3. The van der Waals surface area contributed by atoms with Gasteiger partial charge in [-0.15, -0.1) is 0 Å². The number of amides is 1. The predicted molar refractivity (Wildman–Crippen MR) is 158 cm³/mol. The van der Waals surface area contributed by atoms with Crippen LogP contribution >= 0.6 is 0 Å². The number of aromatic amines is 1. The number of carbonyl (C=O) groups excluding carboxylic acids is 1. The molecule has 0 radical (unpaired) electrons. The van der Waals surface area contributed by atoms with Gasteiger partial charge in [0.2, 0.25) is 0 Å². The van der Waals surface area contributed by atoms with Gasteiger partial charge in [0.1, 0.15) is 5.82 Å². The number of anilines is 1. The molecular formula is C33H28FN5O2. The molecule has 0 bridgehead atoms. The number of aryl methyl sites for hydroxylation is 1. The van der Waals surface area contributed by atoms with Crippen molar-refractivity contribution in [2.24, 2.45) is 0 Å². The molecule has 204 valence electrons. The maximum absolute atomic E-state index is 15.9. The van der Waals surface area contributed by atoms with Gasteiger partial charge in [-0.25, -0.2) is 14.4 Å². The molecule has 0 atom stereocenters. The number of hydrogen-bond donors (Lipinski definition) is 2. The third kappa shape index (κ3) is 5.19. The molecule has 0 saturated heterocycles. The first-order valence-corrected chi connectivity index (χ1v) is 13.3. The van der Waals surface area contributed by atoms with Gasteiger partial charge < -0.3 is 19.6 Å². The molecule has 6 aromatic rings. The van der Waals surface area contributed by atoms with Crippen LogP contribution in [0.3, 0.4) is 0 Å². The molecule has 0 spiro atoms. The lowest BCUT2D eigenvalue weighted by Crippen LogP contribution is -2.24. The van der Waals surface area contributed by atoms with Crippen LogP contribution in [-0.4, -0.2) is 27.9 Å². The van der Waals surface area contributed by atoms with Crippen molar-refractivity contribution in [3.8, 4) is 22.6 Å². The molecule has 1 amide bonds. The van der Waals surface area contributed by atoms with E-state index >= 15 is 4.39 Å². The second-order valence-corrected chi connectivity index (χ2v) is 9.78. The van der Waals surface area contributed by atoms with Crippen LogP contribution in [0, 0.1) is 12.7 Å². The largest absolute Gasteiger partial charge is 0.441 e. The average molecular weight is 546 g/mol. The maximum Gasteiger partial charge on any atom is 0.253 e. The number of halogens is 1. The van der Waals surface area contributed by atoms with E-state index in [9.17, 15) is 4.79 Å². The van der Waals surface area contributed by atoms with Crippen molar-refractivity contribution in [3.05, 3.63) is 126 Å². The smallest absolute Gasteiger partial charge is 0.253 e. The van der Waals surface area contributed by atoms with Crippen LogP contribution < -0.4 is 10.2 Å². The summed E-state index contributed by atoms with van der Waals surface area (Å²) in [5, 5.41) is 3.34. The SMILES string of the molecule is CNC(=O)c1cnc(N(Cc2ccccc2)Cc2ccccc2)c2[nH]c(-c3cccc(-c4cnc(C)o4)c3F)cc12. The Hall–Kier alpha value is -5.24. The molecule has 0 unspecified atom stereocenters. The Morgan fingerprint density at radius 1 is 0.902 bits per heavy atom. The first-order valence-electron chi connectivity index (χ1n) is 13.3. The molecule has 3 aromatic carbocycles. The number of pyridine rings is 1. The molecule has 7 nitrogen and oxygen atoms in total. The van der Waals surface area contributed by atoms with Gasteiger partial charge in [-0.05, 0) is 29.3 Å². The average Bonchev–Trinajstić information content (AvgIpc) is 3.64. The fraction of sp³-hybridized carbons (Fsp3) is 0.121. The summed E-state index contributed by atoms with van der Waals surface area (Å²) in [6.07, 6.45) is 3.10. The van der Waals surface area contributed by atoms with Crippen LogP contribution in [0.5, 0.6) is 0 Å². The summed E-state index contributed by atoms with van der Waals surface area (Å²) >= 11 is 0. The lowest BCUT2D eigenvalue weighted by Gasteiger charge is -2.25. The summed E-state index contributed by atoms with van der Waals surface area (Å²) in [5.41, 5.74) is 4.45. The highest BCUT2D eigenvalue weighted by molar-refractivity contribution is 6.09. The normalized spacial score (nSPS) is 11.1. The van der Waals surface area contributed by atoms with E-state index in [1.54, 1.807) is 38.4 Å². The van der Waals surface area contributed by atoms with E-state index in [0.29, 0.717) is 63.8 Å². The summed E-state index contributed by atoms with van der Waals surface area (Å²) in [6.45, 7) is 2.88. The molecule has 0 aliphatic rings. The number of rotatable bonds is 8. The highest BCUT2D eigenvalue weighted by Crippen LogP contribution is 2.36. The predicted octanol–water partition coefficient (Wildman–Crippen LogP) is 6.90. The Morgan fingerprint density at radius 2 is 1.56 bits per heavy atom. The van der Waals surface area contributed by atoms with Crippen molar-refractivity contribution in [1.29, 1.82) is 0 Å². The van der Waals surface area contributed by atoms with E-state index in [1.807, 2.05) is 42.5 Å². The van der Waals surface area contributed by atoms with Gasteiger partial charge in [-0.2, -0.15) is 0 Å². The zero-order valence-corrected chi connectivity index (χ0v) is 22.7. The van der Waals surface area contributed by atoms with Gasteiger partial charge in [0.05, 0.1) is 22.8 Å². The second kappa shape index (κ2) is 11.1. The summed E-state index contributed by atoms with van der Waals surface area (Å²) < 4.78 is 21.5. The van der Waals surface area contributed by atoms with Crippen LogP contribution in [-0.2, 0) is 13.1 Å². The number of H-pyrrole nitrogens is 1. The molecule has 6 rings (SSSR count). The van der Waals surface area contributed by atoms with E-state index in [2.05, 4.69) is 44.5 Å². The summed E-state index contributed by atoms with van der Waals surface area (Å²) in [7, 11) is 1.58. The number of hydrogen-bond acceptors (Lipinski definition) is 5. The molecule has 8 heteroatoms. The van der Waals surface area contributed by atoms with Gasteiger partial charge in [0.15, 0.2) is 17.5 Å². The lowest BCUT2D eigenvalue weighted by molar-refractivity contribution is 0.0964. The van der Waals surface area contributed by atoms with E-state index in [1.165, 1.54) is 6.20 Å². The van der Waals surface area contributed by atoms with Crippen LogP contribution in [0.1, 0.15) is 27.4 Å². The number of oxazole rings is 1.